The molecule has 0 unspecified atom stereocenters. The number of carbonyl (C=O) groups excluding carboxylic acids is 1. The fraction of sp³-hybridized carbons (Fsp3) is 0.368. The Kier molecular flexibility index (Phi) is 3.95. The van der Waals surface area contributed by atoms with Crippen molar-refractivity contribution in [1.82, 2.24) is 24.3 Å². The van der Waals surface area contributed by atoms with Crippen molar-refractivity contribution in [3.63, 3.8) is 0 Å². The van der Waals surface area contributed by atoms with Crippen LogP contribution in [0.2, 0.25) is 0 Å². The van der Waals surface area contributed by atoms with Crippen LogP contribution in [0, 0.1) is 13.8 Å². The third-order valence-electron chi connectivity index (χ3n) is 4.73. The van der Waals surface area contributed by atoms with Crippen LogP contribution in [0.25, 0.3) is 5.52 Å². The molecule has 4 heterocycles. The monoisotopic (exact) mass is 335 g/mol. The van der Waals surface area contributed by atoms with Crippen molar-refractivity contribution in [2.45, 2.75) is 39.2 Å². The number of nitrogens with zero attached hydrogens (tertiary/aromatic N) is 5. The van der Waals surface area contributed by atoms with E-state index in [1.165, 1.54) is 0 Å². The van der Waals surface area contributed by atoms with Crippen LogP contribution in [0.3, 0.4) is 0 Å². The van der Waals surface area contributed by atoms with Gasteiger partial charge in [0.05, 0.1) is 17.8 Å². The molecule has 3 aromatic rings. The third kappa shape index (κ3) is 2.88. The van der Waals surface area contributed by atoms with Gasteiger partial charge in [-0.3, -0.25) is 9.20 Å². The van der Waals surface area contributed by atoms with E-state index in [4.69, 9.17) is 4.98 Å². The van der Waals surface area contributed by atoms with Gasteiger partial charge in [0.2, 0.25) is 0 Å². The molecule has 25 heavy (non-hydrogen) atoms. The molecule has 1 fully saturated rings. The molecule has 0 aromatic carbocycles. The number of aromatic nitrogens is 4. The van der Waals surface area contributed by atoms with Crippen LogP contribution in [0.15, 0.2) is 36.8 Å². The van der Waals surface area contributed by atoms with Crippen molar-refractivity contribution in [3.8, 4) is 0 Å². The molecule has 0 aliphatic carbocycles. The van der Waals surface area contributed by atoms with E-state index in [-0.39, 0.29) is 11.9 Å². The van der Waals surface area contributed by atoms with Gasteiger partial charge in [-0.15, -0.1) is 0 Å². The summed E-state index contributed by atoms with van der Waals surface area (Å²) in [4.78, 5) is 28.4. The lowest BCUT2D eigenvalue weighted by molar-refractivity contribution is 0.0591. The van der Waals surface area contributed by atoms with Gasteiger partial charge in [0, 0.05) is 17.9 Å². The molecule has 1 amide bonds. The van der Waals surface area contributed by atoms with Crippen LogP contribution in [0.4, 0.5) is 0 Å². The predicted octanol–water partition coefficient (Wildman–Crippen LogP) is 3.11. The Morgan fingerprint density at radius 1 is 1.16 bits per heavy atom. The summed E-state index contributed by atoms with van der Waals surface area (Å²) in [7, 11) is 0. The summed E-state index contributed by atoms with van der Waals surface area (Å²) in [5, 5.41) is 0. The lowest BCUT2D eigenvalue weighted by Gasteiger charge is -2.35. The maximum absolute atomic E-state index is 13.1. The molecular formula is C19H21N5O. The molecule has 0 radical (unpaired) electrons. The molecule has 6 nitrogen and oxygen atoms in total. The van der Waals surface area contributed by atoms with Gasteiger partial charge in [-0.05, 0) is 51.3 Å². The largest absolute Gasteiger partial charge is 0.327 e. The van der Waals surface area contributed by atoms with Crippen molar-refractivity contribution in [2.24, 2.45) is 0 Å². The topological polar surface area (TPSA) is 63.4 Å². The summed E-state index contributed by atoms with van der Waals surface area (Å²) in [6, 6.07) is 7.53. The summed E-state index contributed by atoms with van der Waals surface area (Å²) in [6.45, 7) is 4.61. The number of pyridine rings is 1. The van der Waals surface area contributed by atoms with Crippen molar-refractivity contribution >= 4 is 11.4 Å². The summed E-state index contributed by atoms with van der Waals surface area (Å²) >= 11 is 0. The van der Waals surface area contributed by atoms with Crippen LogP contribution in [-0.2, 0) is 0 Å². The van der Waals surface area contributed by atoms with E-state index in [1.54, 1.807) is 12.4 Å². The zero-order chi connectivity index (χ0) is 17.4. The normalized spacial score (nSPS) is 17.8. The van der Waals surface area contributed by atoms with Crippen LogP contribution in [0.5, 0.6) is 0 Å². The Bertz CT molecular complexity index is 932. The lowest BCUT2D eigenvalue weighted by atomic mass is 10.0. The summed E-state index contributed by atoms with van der Waals surface area (Å²) in [5.74, 6) is 0.859. The molecule has 128 valence electrons. The predicted molar refractivity (Wildman–Crippen MR) is 94.3 cm³/mol. The SMILES string of the molecule is Cc1cccc(C(=O)N2CCCC[C@@H]2c2nc(C)cc3cncn23)n1. The molecule has 1 atom stereocenters. The van der Waals surface area contributed by atoms with E-state index in [1.807, 2.05) is 47.5 Å². The van der Waals surface area contributed by atoms with Crippen LogP contribution < -0.4 is 0 Å². The molecule has 1 aliphatic heterocycles. The summed E-state index contributed by atoms with van der Waals surface area (Å²) in [6.07, 6.45) is 6.60. The molecule has 1 saturated heterocycles. The number of imidazole rings is 1. The molecule has 6 heteroatoms. The van der Waals surface area contributed by atoms with Crippen molar-refractivity contribution in [1.29, 1.82) is 0 Å². The number of hydrogen-bond donors (Lipinski definition) is 0. The quantitative estimate of drug-likeness (QED) is 0.722. The zero-order valence-electron chi connectivity index (χ0n) is 14.5. The van der Waals surface area contributed by atoms with E-state index in [2.05, 4.69) is 9.97 Å². The van der Waals surface area contributed by atoms with Gasteiger partial charge in [0.15, 0.2) is 0 Å². The van der Waals surface area contributed by atoms with Gasteiger partial charge in [-0.2, -0.15) is 0 Å². The smallest absolute Gasteiger partial charge is 0.273 e. The number of amides is 1. The number of aryl methyl sites for hydroxylation is 2. The highest BCUT2D eigenvalue weighted by Gasteiger charge is 2.32. The fourth-order valence-corrected chi connectivity index (χ4v) is 3.57. The lowest BCUT2D eigenvalue weighted by Crippen LogP contribution is -2.40. The Balaban J connectivity index is 1.76. The van der Waals surface area contributed by atoms with Crippen LogP contribution in [-0.4, -0.2) is 36.7 Å². The van der Waals surface area contributed by atoms with Crippen molar-refractivity contribution in [3.05, 3.63) is 59.7 Å². The van der Waals surface area contributed by atoms with Gasteiger partial charge in [-0.25, -0.2) is 15.0 Å². The van der Waals surface area contributed by atoms with Crippen molar-refractivity contribution < 1.29 is 4.79 Å². The van der Waals surface area contributed by atoms with E-state index >= 15 is 0 Å². The Morgan fingerprint density at radius 3 is 2.88 bits per heavy atom. The first-order valence-electron chi connectivity index (χ1n) is 8.68. The Morgan fingerprint density at radius 2 is 2.04 bits per heavy atom. The number of carbonyl (C=O) groups is 1. The minimum atomic E-state index is -0.0554. The highest BCUT2D eigenvalue weighted by atomic mass is 16.2. The second-order valence-corrected chi connectivity index (χ2v) is 6.62. The average molecular weight is 335 g/mol. The Hall–Kier alpha value is -2.76. The second-order valence-electron chi connectivity index (χ2n) is 6.62. The first-order valence-corrected chi connectivity index (χ1v) is 8.68. The minimum Gasteiger partial charge on any atom is -0.327 e. The van der Waals surface area contributed by atoms with E-state index in [0.717, 1.165) is 48.5 Å². The number of piperidine rings is 1. The molecule has 4 rings (SSSR count). The standard InChI is InChI=1S/C19H21N5O/c1-13-6-5-7-16(21-13)19(25)23-9-4-3-8-17(23)18-22-14(2)10-15-11-20-12-24(15)18/h5-7,10-12,17H,3-4,8-9H2,1-2H3/t17-/m1/s1. The van der Waals surface area contributed by atoms with Gasteiger partial charge >= 0.3 is 0 Å². The Labute approximate surface area is 146 Å². The van der Waals surface area contributed by atoms with E-state index < -0.39 is 0 Å². The molecular weight excluding hydrogens is 314 g/mol. The van der Waals surface area contributed by atoms with Crippen LogP contribution >= 0.6 is 0 Å². The zero-order valence-corrected chi connectivity index (χ0v) is 14.5. The van der Waals surface area contributed by atoms with Gasteiger partial charge in [-0.1, -0.05) is 6.07 Å². The minimum absolute atomic E-state index is 0.0232. The molecule has 1 aliphatic rings. The van der Waals surface area contributed by atoms with Crippen molar-refractivity contribution in [2.75, 3.05) is 6.54 Å². The van der Waals surface area contributed by atoms with E-state index in [0.29, 0.717) is 5.69 Å². The molecule has 0 spiro atoms. The third-order valence-corrected chi connectivity index (χ3v) is 4.73. The highest BCUT2D eigenvalue weighted by molar-refractivity contribution is 5.92. The number of fused-ring (bicyclic) bond motifs is 1. The van der Waals surface area contributed by atoms with Gasteiger partial charge < -0.3 is 4.90 Å². The number of hydrogen-bond acceptors (Lipinski definition) is 4. The first kappa shape index (κ1) is 15.7. The molecule has 0 bridgehead atoms. The van der Waals surface area contributed by atoms with Gasteiger partial charge in [0.25, 0.3) is 5.91 Å². The molecule has 0 saturated carbocycles. The van der Waals surface area contributed by atoms with E-state index in [9.17, 15) is 4.79 Å². The van der Waals surface area contributed by atoms with Gasteiger partial charge in [0.1, 0.15) is 17.8 Å². The maximum Gasteiger partial charge on any atom is 0.273 e. The first-order chi connectivity index (χ1) is 12.1. The second kappa shape index (κ2) is 6.27. The summed E-state index contributed by atoms with van der Waals surface area (Å²) < 4.78 is 1.99. The fourth-order valence-electron chi connectivity index (χ4n) is 3.57. The molecule has 3 aromatic heterocycles. The highest BCUT2D eigenvalue weighted by Crippen LogP contribution is 2.31. The summed E-state index contributed by atoms with van der Waals surface area (Å²) in [5.41, 5.74) is 3.30. The van der Waals surface area contributed by atoms with Crippen LogP contribution in [0.1, 0.15) is 53.0 Å². The molecule has 0 N–H and O–H groups in total. The average Bonchev–Trinajstić information content (AvgIpc) is 3.08. The number of rotatable bonds is 2. The maximum atomic E-state index is 13.1. The number of likely N-dealkylation sites (tertiary alicyclic amines) is 1.